The van der Waals surface area contributed by atoms with Crippen molar-refractivity contribution in [3.05, 3.63) is 34.3 Å². The maximum absolute atomic E-state index is 5.50. The Bertz CT molecular complexity index is 304. The largest absolute Gasteiger partial charge is 0.381 e. The highest BCUT2D eigenvalue weighted by molar-refractivity contribution is 9.10. The summed E-state index contributed by atoms with van der Waals surface area (Å²) in [5.74, 6) is 0.531. The first-order valence-corrected chi connectivity index (χ1v) is 6.53. The third-order valence-electron chi connectivity index (χ3n) is 2.52. The molecule has 2 nitrogen and oxygen atoms in total. The highest BCUT2D eigenvalue weighted by atomic mass is 79.9. The number of nitrogens with one attached hydrogen (secondary N) is 1. The molecular formula is C13H20BrNO. The van der Waals surface area contributed by atoms with E-state index in [-0.39, 0.29) is 0 Å². The van der Waals surface area contributed by atoms with Crippen LogP contribution in [0.1, 0.15) is 12.5 Å². The van der Waals surface area contributed by atoms with Crippen LogP contribution in [0.15, 0.2) is 28.7 Å². The minimum Gasteiger partial charge on any atom is -0.381 e. The zero-order valence-electron chi connectivity index (χ0n) is 10.0. The highest BCUT2D eigenvalue weighted by Crippen LogP contribution is 2.19. The van der Waals surface area contributed by atoms with Crippen LogP contribution in [0, 0.1) is 5.92 Å². The van der Waals surface area contributed by atoms with E-state index in [0.29, 0.717) is 5.92 Å². The molecule has 0 heterocycles. The number of benzene rings is 1. The van der Waals surface area contributed by atoms with E-state index >= 15 is 0 Å². The fourth-order valence-corrected chi connectivity index (χ4v) is 2.18. The van der Waals surface area contributed by atoms with Gasteiger partial charge in [0.15, 0.2) is 0 Å². The minimum absolute atomic E-state index is 0.531. The molecule has 0 spiro atoms. The van der Waals surface area contributed by atoms with E-state index in [1.807, 2.05) is 20.0 Å². The average molecular weight is 286 g/mol. The Morgan fingerprint density at radius 2 is 2.12 bits per heavy atom. The van der Waals surface area contributed by atoms with Gasteiger partial charge in [-0.15, -0.1) is 0 Å². The summed E-state index contributed by atoms with van der Waals surface area (Å²) in [7, 11) is 1.99. The van der Waals surface area contributed by atoms with E-state index in [0.717, 1.165) is 26.2 Å². The molecule has 90 valence electrons. The van der Waals surface area contributed by atoms with Crippen molar-refractivity contribution in [2.45, 2.75) is 13.3 Å². The molecule has 0 radical (unpaired) electrons. The van der Waals surface area contributed by atoms with Gasteiger partial charge in [-0.1, -0.05) is 34.1 Å². The normalized spacial score (nSPS) is 12.7. The van der Waals surface area contributed by atoms with Crippen molar-refractivity contribution >= 4 is 15.9 Å². The van der Waals surface area contributed by atoms with E-state index in [9.17, 15) is 0 Å². The molecule has 3 heteroatoms. The summed E-state index contributed by atoms with van der Waals surface area (Å²) in [5.41, 5.74) is 1.35. The Hall–Kier alpha value is -0.380. The van der Waals surface area contributed by atoms with Crippen LogP contribution in [0.5, 0.6) is 0 Å². The van der Waals surface area contributed by atoms with Crippen LogP contribution in [0.4, 0.5) is 0 Å². The lowest BCUT2D eigenvalue weighted by Gasteiger charge is -2.17. The third kappa shape index (κ3) is 4.64. The van der Waals surface area contributed by atoms with Gasteiger partial charge < -0.3 is 10.1 Å². The van der Waals surface area contributed by atoms with Gasteiger partial charge >= 0.3 is 0 Å². The second kappa shape index (κ2) is 7.82. The Morgan fingerprint density at radius 3 is 2.75 bits per heavy atom. The number of hydrogen-bond acceptors (Lipinski definition) is 2. The van der Waals surface area contributed by atoms with Gasteiger partial charge in [-0.3, -0.25) is 0 Å². The monoisotopic (exact) mass is 285 g/mol. The molecule has 1 atom stereocenters. The van der Waals surface area contributed by atoms with Crippen LogP contribution < -0.4 is 5.32 Å². The van der Waals surface area contributed by atoms with Gasteiger partial charge in [-0.25, -0.2) is 0 Å². The summed E-state index contributed by atoms with van der Waals surface area (Å²) in [6, 6.07) is 8.38. The quantitative estimate of drug-likeness (QED) is 0.832. The molecule has 0 aliphatic heterocycles. The van der Waals surface area contributed by atoms with Gasteiger partial charge in [0.05, 0.1) is 6.61 Å². The molecule has 0 aromatic heterocycles. The highest BCUT2D eigenvalue weighted by Gasteiger charge is 2.10. The Morgan fingerprint density at radius 1 is 1.38 bits per heavy atom. The van der Waals surface area contributed by atoms with Crippen LogP contribution in [0.25, 0.3) is 0 Å². The third-order valence-corrected chi connectivity index (χ3v) is 3.29. The summed E-state index contributed by atoms with van der Waals surface area (Å²) in [6.07, 6.45) is 1.04. The van der Waals surface area contributed by atoms with Crippen LogP contribution in [0.3, 0.4) is 0 Å². The first kappa shape index (κ1) is 13.7. The summed E-state index contributed by atoms with van der Waals surface area (Å²) < 4.78 is 6.69. The topological polar surface area (TPSA) is 21.3 Å². The lowest BCUT2D eigenvalue weighted by Crippen LogP contribution is -2.25. The van der Waals surface area contributed by atoms with Gasteiger partial charge in [0.1, 0.15) is 0 Å². The van der Waals surface area contributed by atoms with Crippen LogP contribution >= 0.6 is 15.9 Å². The lowest BCUT2D eigenvalue weighted by atomic mass is 10.00. The summed E-state index contributed by atoms with van der Waals surface area (Å²) in [6.45, 7) is 4.63. The average Bonchev–Trinajstić information content (AvgIpc) is 2.29. The zero-order chi connectivity index (χ0) is 11.8. The maximum Gasteiger partial charge on any atom is 0.0509 e. The second-order valence-electron chi connectivity index (χ2n) is 3.88. The zero-order valence-corrected chi connectivity index (χ0v) is 11.6. The van der Waals surface area contributed by atoms with Crippen molar-refractivity contribution in [1.29, 1.82) is 0 Å². The van der Waals surface area contributed by atoms with Crippen molar-refractivity contribution in [1.82, 2.24) is 5.32 Å². The summed E-state index contributed by atoms with van der Waals surface area (Å²) in [5, 5.41) is 3.22. The van der Waals surface area contributed by atoms with Gasteiger partial charge in [0, 0.05) is 17.6 Å². The molecule has 0 fully saturated rings. The van der Waals surface area contributed by atoms with Crippen molar-refractivity contribution in [3.63, 3.8) is 0 Å². The number of ether oxygens (including phenoxy) is 1. The molecule has 0 saturated heterocycles. The molecule has 0 aliphatic carbocycles. The van der Waals surface area contributed by atoms with E-state index < -0.39 is 0 Å². The van der Waals surface area contributed by atoms with E-state index in [4.69, 9.17) is 4.74 Å². The Labute approximate surface area is 107 Å². The van der Waals surface area contributed by atoms with E-state index in [1.54, 1.807) is 0 Å². The summed E-state index contributed by atoms with van der Waals surface area (Å²) >= 11 is 3.58. The summed E-state index contributed by atoms with van der Waals surface area (Å²) in [4.78, 5) is 0. The van der Waals surface area contributed by atoms with Gasteiger partial charge in [0.2, 0.25) is 0 Å². The Kier molecular flexibility index (Phi) is 6.69. The molecule has 1 aromatic rings. The molecule has 0 saturated carbocycles. The predicted octanol–water partition coefficient (Wildman–Crippen LogP) is 2.86. The SMILES string of the molecule is CCOCC(CNC)Cc1ccccc1Br. The predicted molar refractivity (Wildman–Crippen MR) is 71.8 cm³/mol. The fraction of sp³-hybridized carbons (Fsp3) is 0.538. The smallest absolute Gasteiger partial charge is 0.0509 e. The second-order valence-corrected chi connectivity index (χ2v) is 4.73. The molecule has 1 N–H and O–H groups in total. The van der Waals surface area contributed by atoms with Crippen molar-refractivity contribution in [2.24, 2.45) is 5.92 Å². The lowest BCUT2D eigenvalue weighted by molar-refractivity contribution is 0.110. The standard InChI is InChI=1S/C13H20BrNO/c1-3-16-10-11(9-15-2)8-12-6-4-5-7-13(12)14/h4-7,11,15H,3,8-10H2,1-2H3. The molecular weight excluding hydrogens is 266 g/mol. The van der Waals surface area contributed by atoms with Crippen molar-refractivity contribution in [2.75, 3.05) is 26.8 Å². The van der Waals surface area contributed by atoms with Crippen molar-refractivity contribution in [3.8, 4) is 0 Å². The molecule has 0 bridgehead atoms. The van der Waals surface area contributed by atoms with Crippen LogP contribution in [-0.4, -0.2) is 26.8 Å². The number of rotatable bonds is 7. The molecule has 1 aromatic carbocycles. The molecule has 1 unspecified atom stereocenters. The van der Waals surface area contributed by atoms with Crippen LogP contribution in [0.2, 0.25) is 0 Å². The van der Waals surface area contributed by atoms with E-state index in [1.165, 1.54) is 10.0 Å². The number of hydrogen-bond donors (Lipinski definition) is 1. The van der Waals surface area contributed by atoms with E-state index in [2.05, 4.69) is 39.4 Å². The van der Waals surface area contributed by atoms with Gasteiger partial charge in [-0.2, -0.15) is 0 Å². The minimum atomic E-state index is 0.531. The van der Waals surface area contributed by atoms with Gasteiger partial charge in [-0.05, 0) is 37.9 Å². The van der Waals surface area contributed by atoms with Crippen LogP contribution in [-0.2, 0) is 11.2 Å². The first-order valence-electron chi connectivity index (χ1n) is 5.73. The first-order chi connectivity index (χ1) is 7.77. The Balaban J connectivity index is 2.56. The molecule has 16 heavy (non-hydrogen) atoms. The molecule has 1 rings (SSSR count). The van der Waals surface area contributed by atoms with Gasteiger partial charge in [0.25, 0.3) is 0 Å². The molecule has 0 aliphatic rings. The fourth-order valence-electron chi connectivity index (χ4n) is 1.74. The number of halogens is 1. The maximum atomic E-state index is 5.50. The van der Waals surface area contributed by atoms with Crippen molar-refractivity contribution < 1.29 is 4.74 Å². The molecule has 0 amide bonds.